The van der Waals surface area contributed by atoms with E-state index in [4.69, 9.17) is 0 Å². The topological polar surface area (TPSA) is 29.9 Å². The van der Waals surface area contributed by atoms with E-state index in [1.54, 1.807) is 6.20 Å². The van der Waals surface area contributed by atoms with Gasteiger partial charge in [-0.15, -0.1) is 0 Å². The van der Waals surface area contributed by atoms with Crippen molar-refractivity contribution in [3.8, 4) is 5.69 Å². The van der Waals surface area contributed by atoms with Gasteiger partial charge >= 0.3 is 0 Å². The van der Waals surface area contributed by atoms with Crippen LogP contribution in [-0.2, 0) is 6.54 Å². The zero-order valence-electron chi connectivity index (χ0n) is 9.67. The molecule has 0 bridgehead atoms. The number of nitrogens with zero attached hydrogens (tertiary/aromatic N) is 2. The molecule has 0 saturated carbocycles. The normalized spacial score (nSPS) is 10.8. The van der Waals surface area contributed by atoms with Gasteiger partial charge in [0.15, 0.2) is 0 Å². The van der Waals surface area contributed by atoms with E-state index < -0.39 is 11.6 Å². The maximum atomic E-state index is 13.5. The molecule has 1 N–H and O–H groups in total. The number of halogens is 2. The summed E-state index contributed by atoms with van der Waals surface area (Å²) >= 11 is 0. The van der Waals surface area contributed by atoms with Gasteiger partial charge in [0.2, 0.25) is 0 Å². The van der Waals surface area contributed by atoms with E-state index in [9.17, 15) is 8.78 Å². The first-order chi connectivity index (χ1) is 8.11. The summed E-state index contributed by atoms with van der Waals surface area (Å²) in [4.78, 5) is 0. The van der Waals surface area contributed by atoms with Crippen molar-refractivity contribution in [3.63, 3.8) is 0 Å². The molecule has 0 atom stereocenters. The quantitative estimate of drug-likeness (QED) is 0.886. The Balaban J connectivity index is 2.45. The van der Waals surface area contributed by atoms with Gasteiger partial charge in [-0.05, 0) is 26.1 Å². The second-order valence-electron chi connectivity index (χ2n) is 3.81. The van der Waals surface area contributed by atoms with Crippen LogP contribution in [0.15, 0.2) is 24.4 Å². The molecule has 0 radical (unpaired) electrons. The van der Waals surface area contributed by atoms with Crippen LogP contribution < -0.4 is 5.32 Å². The molecule has 0 amide bonds. The minimum atomic E-state index is -0.495. The van der Waals surface area contributed by atoms with Crippen molar-refractivity contribution in [1.29, 1.82) is 0 Å². The van der Waals surface area contributed by atoms with Crippen LogP contribution in [0.3, 0.4) is 0 Å². The van der Waals surface area contributed by atoms with Crippen molar-refractivity contribution in [2.75, 3.05) is 7.05 Å². The lowest BCUT2D eigenvalue weighted by Gasteiger charge is -2.02. The first-order valence-corrected chi connectivity index (χ1v) is 5.27. The maximum absolute atomic E-state index is 13.5. The third-order valence-corrected chi connectivity index (χ3v) is 2.52. The van der Waals surface area contributed by atoms with Crippen LogP contribution in [0, 0.1) is 18.6 Å². The van der Waals surface area contributed by atoms with E-state index in [1.807, 2.05) is 14.0 Å². The summed E-state index contributed by atoms with van der Waals surface area (Å²) in [5.41, 5.74) is 1.87. The lowest BCUT2D eigenvalue weighted by Crippen LogP contribution is -2.05. The Hall–Kier alpha value is -1.75. The van der Waals surface area contributed by atoms with Crippen LogP contribution in [0.2, 0.25) is 0 Å². The van der Waals surface area contributed by atoms with Crippen LogP contribution in [0.4, 0.5) is 8.78 Å². The smallest absolute Gasteiger partial charge is 0.149 e. The van der Waals surface area contributed by atoms with Crippen molar-refractivity contribution in [2.45, 2.75) is 13.5 Å². The highest BCUT2D eigenvalue weighted by molar-refractivity contribution is 5.34. The fraction of sp³-hybridized carbons (Fsp3) is 0.250. The molecular formula is C12H13F2N3. The molecule has 0 saturated heterocycles. The van der Waals surface area contributed by atoms with Crippen molar-refractivity contribution in [2.24, 2.45) is 0 Å². The Bertz CT molecular complexity index is 535. The predicted molar refractivity (Wildman–Crippen MR) is 61.0 cm³/mol. The van der Waals surface area contributed by atoms with E-state index in [1.165, 1.54) is 4.68 Å². The summed E-state index contributed by atoms with van der Waals surface area (Å²) in [5.74, 6) is -0.977. The molecule has 17 heavy (non-hydrogen) atoms. The van der Waals surface area contributed by atoms with Crippen molar-refractivity contribution in [1.82, 2.24) is 15.1 Å². The van der Waals surface area contributed by atoms with Crippen LogP contribution in [0.1, 0.15) is 11.3 Å². The molecule has 0 unspecified atom stereocenters. The van der Waals surface area contributed by atoms with Gasteiger partial charge in [-0.25, -0.2) is 13.5 Å². The number of hydrogen-bond acceptors (Lipinski definition) is 2. The van der Waals surface area contributed by atoms with Gasteiger partial charge in [0.1, 0.15) is 17.3 Å². The van der Waals surface area contributed by atoms with E-state index in [2.05, 4.69) is 10.4 Å². The fourth-order valence-corrected chi connectivity index (χ4v) is 1.64. The number of hydrogen-bond donors (Lipinski definition) is 1. The highest BCUT2D eigenvalue weighted by atomic mass is 19.1. The van der Waals surface area contributed by atoms with Crippen molar-refractivity contribution >= 4 is 0 Å². The molecule has 0 spiro atoms. The molecule has 5 heteroatoms. The molecule has 1 aromatic carbocycles. The molecule has 2 aromatic rings. The zero-order valence-corrected chi connectivity index (χ0v) is 9.67. The standard InChI is InChI=1S/C12H13F2N3/c1-8-9(6-15-2)7-17(16-8)12-5-10(13)3-4-11(12)14/h3-5,7,15H,6H2,1-2H3. The average molecular weight is 237 g/mol. The SMILES string of the molecule is CNCc1cn(-c2cc(F)ccc2F)nc1C. The van der Waals surface area contributed by atoms with E-state index in [-0.39, 0.29) is 5.69 Å². The highest BCUT2D eigenvalue weighted by Gasteiger charge is 2.10. The third kappa shape index (κ3) is 2.34. The van der Waals surface area contributed by atoms with Crippen LogP contribution in [0.5, 0.6) is 0 Å². The number of aryl methyl sites for hydroxylation is 1. The fourth-order valence-electron chi connectivity index (χ4n) is 1.64. The summed E-state index contributed by atoms with van der Waals surface area (Å²) in [6, 6.07) is 3.31. The van der Waals surface area contributed by atoms with Crippen LogP contribution in [0.25, 0.3) is 5.69 Å². The summed E-state index contributed by atoms with van der Waals surface area (Å²) in [7, 11) is 1.82. The number of nitrogens with one attached hydrogen (secondary N) is 1. The Morgan fingerprint density at radius 3 is 2.82 bits per heavy atom. The molecule has 0 aliphatic carbocycles. The Kier molecular flexibility index (Phi) is 3.19. The summed E-state index contributed by atoms with van der Waals surface area (Å²) in [6.07, 6.45) is 1.70. The van der Waals surface area contributed by atoms with E-state index in [0.29, 0.717) is 6.54 Å². The number of rotatable bonds is 3. The molecule has 3 nitrogen and oxygen atoms in total. The zero-order chi connectivity index (χ0) is 12.4. The Morgan fingerprint density at radius 1 is 1.35 bits per heavy atom. The first kappa shape index (κ1) is 11.7. The molecule has 90 valence electrons. The molecule has 2 rings (SSSR count). The lowest BCUT2D eigenvalue weighted by molar-refractivity contribution is 0.586. The van der Waals surface area contributed by atoms with Crippen molar-refractivity contribution < 1.29 is 8.78 Å². The van der Waals surface area contributed by atoms with E-state index in [0.717, 1.165) is 29.5 Å². The molecule has 0 aliphatic heterocycles. The number of benzene rings is 1. The third-order valence-electron chi connectivity index (χ3n) is 2.52. The maximum Gasteiger partial charge on any atom is 0.149 e. The average Bonchev–Trinajstić information content (AvgIpc) is 2.64. The first-order valence-electron chi connectivity index (χ1n) is 5.27. The molecule has 1 heterocycles. The molecule has 0 fully saturated rings. The monoisotopic (exact) mass is 237 g/mol. The van der Waals surface area contributed by atoms with Crippen molar-refractivity contribution in [3.05, 3.63) is 47.3 Å². The van der Waals surface area contributed by atoms with Gasteiger partial charge in [-0.3, -0.25) is 0 Å². The molecular weight excluding hydrogens is 224 g/mol. The second-order valence-corrected chi connectivity index (χ2v) is 3.81. The van der Waals surface area contributed by atoms with Crippen LogP contribution in [-0.4, -0.2) is 16.8 Å². The second kappa shape index (κ2) is 4.63. The van der Waals surface area contributed by atoms with Gasteiger partial charge in [0.05, 0.1) is 5.69 Å². The van der Waals surface area contributed by atoms with Gasteiger partial charge in [0.25, 0.3) is 0 Å². The number of aromatic nitrogens is 2. The summed E-state index contributed by atoms with van der Waals surface area (Å²) < 4.78 is 28.0. The lowest BCUT2D eigenvalue weighted by atomic mass is 10.2. The van der Waals surface area contributed by atoms with E-state index >= 15 is 0 Å². The highest BCUT2D eigenvalue weighted by Crippen LogP contribution is 2.16. The van der Waals surface area contributed by atoms with Gasteiger partial charge in [-0.1, -0.05) is 0 Å². The summed E-state index contributed by atoms with van der Waals surface area (Å²) in [6.45, 7) is 2.48. The minimum absolute atomic E-state index is 0.121. The Labute approximate surface area is 98.1 Å². The molecule has 1 aromatic heterocycles. The Morgan fingerprint density at radius 2 is 2.12 bits per heavy atom. The molecule has 0 aliphatic rings. The van der Waals surface area contributed by atoms with Gasteiger partial charge < -0.3 is 5.32 Å². The predicted octanol–water partition coefficient (Wildman–Crippen LogP) is 2.18. The van der Waals surface area contributed by atoms with Crippen LogP contribution >= 0.6 is 0 Å². The minimum Gasteiger partial charge on any atom is -0.316 e. The largest absolute Gasteiger partial charge is 0.316 e. The summed E-state index contributed by atoms with van der Waals surface area (Å²) in [5, 5.41) is 7.17. The van der Waals surface area contributed by atoms with Gasteiger partial charge in [0, 0.05) is 24.4 Å². The van der Waals surface area contributed by atoms with Gasteiger partial charge in [-0.2, -0.15) is 5.10 Å².